The molecule has 2 rings (SSSR count). The Kier molecular flexibility index (Phi) is 4.80. The molecule has 2 aromatic rings. The molecule has 0 fully saturated rings. The van der Waals surface area contributed by atoms with Crippen molar-refractivity contribution in [3.05, 3.63) is 59.7 Å². The van der Waals surface area contributed by atoms with E-state index in [2.05, 4.69) is 74.3 Å². The molecule has 2 aromatic carbocycles. The van der Waals surface area contributed by atoms with Crippen molar-refractivity contribution in [3.8, 4) is 0 Å². The Balaban J connectivity index is 2.16. The van der Waals surface area contributed by atoms with Crippen molar-refractivity contribution in [3.63, 3.8) is 0 Å². The molecule has 0 saturated heterocycles. The van der Waals surface area contributed by atoms with Crippen LogP contribution in [0.15, 0.2) is 48.5 Å². The molecule has 0 bridgehead atoms. The SMILES string of the molecule is CCC(N)Cc1ccc(N(C)c2ccccc2C)cc1. The topological polar surface area (TPSA) is 29.3 Å². The van der Waals surface area contributed by atoms with Gasteiger partial charge in [0.15, 0.2) is 0 Å². The molecule has 0 amide bonds. The fourth-order valence-corrected chi connectivity index (χ4v) is 2.38. The minimum absolute atomic E-state index is 0.259. The second kappa shape index (κ2) is 6.58. The third kappa shape index (κ3) is 3.40. The van der Waals surface area contributed by atoms with Crippen molar-refractivity contribution in [1.82, 2.24) is 0 Å². The summed E-state index contributed by atoms with van der Waals surface area (Å²) in [5.41, 5.74) is 11.0. The van der Waals surface area contributed by atoms with Crippen LogP contribution in [0.2, 0.25) is 0 Å². The minimum Gasteiger partial charge on any atom is -0.344 e. The van der Waals surface area contributed by atoms with Gasteiger partial charge in [0.1, 0.15) is 0 Å². The quantitative estimate of drug-likeness (QED) is 0.886. The van der Waals surface area contributed by atoms with Gasteiger partial charge in [0, 0.05) is 24.5 Å². The maximum Gasteiger partial charge on any atom is 0.0437 e. The van der Waals surface area contributed by atoms with Crippen molar-refractivity contribution >= 4 is 11.4 Å². The van der Waals surface area contributed by atoms with E-state index in [4.69, 9.17) is 5.73 Å². The molecule has 2 heteroatoms. The molecule has 1 atom stereocenters. The summed E-state index contributed by atoms with van der Waals surface area (Å²) in [7, 11) is 2.11. The number of aryl methyl sites for hydroxylation is 1. The maximum absolute atomic E-state index is 6.00. The summed E-state index contributed by atoms with van der Waals surface area (Å²) in [5, 5.41) is 0. The first-order valence-corrected chi connectivity index (χ1v) is 7.25. The lowest BCUT2D eigenvalue weighted by atomic mass is 10.0. The van der Waals surface area contributed by atoms with E-state index < -0.39 is 0 Å². The van der Waals surface area contributed by atoms with E-state index in [1.807, 2.05) is 0 Å². The van der Waals surface area contributed by atoms with Gasteiger partial charge in [-0.05, 0) is 49.1 Å². The minimum atomic E-state index is 0.259. The second-order valence-corrected chi connectivity index (χ2v) is 5.38. The molecular weight excluding hydrogens is 244 g/mol. The molecule has 0 aliphatic rings. The van der Waals surface area contributed by atoms with Crippen LogP contribution in [0, 0.1) is 6.92 Å². The third-order valence-electron chi connectivity index (χ3n) is 3.82. The molecule has 0 heterocycles. The third-order valence-corrected chi connectivity index (χ3v) is 3.82. The van der Waals surface area contributed by atoms with Gasteiger partial charge in [-0.3, -0.25) is 0 Å². The number of hydrogen-bond donors (Lipinski definition) is 1. The van der Waals surface area contributed by atoms with Gasteiger partial charge in [0.25, 0.3) is 0 Å². The van der Waals surface area contributed by atoms with Gasteiger partial charge >= 0.3 is 0 Å². The number of anilines is 2. The first-order chi connectivity index (χ1) is 9.61. The Morgan fingerprint density at radius 1 is 1.05 bits per heavy atom. The number of benzene rings is 2. The van der Waals surface area contributed by atoms with Crippen molar-refractivity contribution in [2.24, 2.45) is 5.73 Å². The molecule has 0 spiro atoms. The molecule has 1 unspecified atom stereocenters. The summed E-state index contributed by atoms with van der Waals surface area (Å²) in [6, 6.07) is 17.4. The summed E-state index contributed by atoms with van der Waals surface area (Å²) in [6.07, 6.45) is 1.97. The highest BCUT2D eigenvalue weighted by atomic mass is 15.1. The highest BCUT2D eigenvalue weighted by Gasteiger charge is 2.07. The molecule has 0 aromatic heterocycles. The largest absolute Gasteiger partial charge is 0.344 e. The van der Waals surface area contributed by atoms with E-state index in [0.29, 0.717) is 0 Å². The van der Waals surface area contributed by atoms with E-state index in [0.717, 1.165) is 12.8 Å². The van der Waals surface area contributed by atoms with Crippen LogP contribution in [0.5, 0.6) is 0 Å². The number of hydrogen-bond acceptors (Lipinski definition) is 2. The number of nitrogens with zero attached hydrogens (tertiary/aromatic N) is 1. The van der Waals surface area contributed by atoms with Gasteiger partial charge in [-0.15, -0.1) is 0 Å². The Labute approximate surface area is 122 Å². The lowest BCUT2D eigenvalue weighted by Crippen LogP contribution is -2.21. The van der Waals surface area contributed by atoms with Crippen LogP contribution in [0.25, 0.3) is 0 Å². The number of para-hydroxylation sites is 1. The summed E-state index contributed by atoms with van der Waals surface area (Å²) >= 11 is 0. The van der Waals surface area contributed by atoms with E-state index in [9.17, 15) is 0 Å². The molecule has 0 saturated carbocycles. The summed E-state index contributed by atoms with van der Waals surface area (Å²) < 4.78 is 0. The first-order valence-electron chi connectivity index (χ1n) is 7.25. The Morgan fingerprint density at radius 2 is 1.70 bits per heavy atom. The number of nitrogens with two attached hydrogens (primary N) is 1. The molecule has 106 valence electrons. The van der Waals surface area contributed by atoms with Crippen LogP contribution < -0.4 is 10.6 Å². The fraction of sp³-hybridized carbons (Fsp3) is 0.333. The smallest absolute Gasteiger partial charge is 0.0437 e. The lowest BCUT2D eigenvalue weighted by molar-refractivity contribution is 0.646. The van der Waals surface area contributed by atoms with Crippen LogP contribution in [-0.4, -0.2) is 13.1 Å². The normalized spacial score (nSPS) is 12.2. The highest BCUT2D eigenvalue weighted by molar-refractivity contribution is 5.65. The predicted octanol–water partition coefficient (Wildman–Crippen LogP) is 4.04. The highest BCUT2D eigenvalue weighted by Crippen LogP contribution is 2.26. The van der Waals surface area contributed by atoms with Crippen LogP contribution >= 0.6 is 0 Å². The van der Waals surface area contributed by atoms with Gasteiger partial charge in [-0.25, -0.2) is 0 Å². The van der Waals surface area contributed by atoms with Crippen molar-refractivity contribution in [1.29, 1.82) is 0 Å². The monoisotopic (exact) mass is 268 g/mol. The van der Waals surface area contributed by atoms with Crippen LogP contribution in [0.4, 0.5) is 11.4 Å². The van der Waals surface area contributed by atoms with E-state index in [-0.39, 0.29) is 6.04 Å². The fourth-order valence-electron chi connectivity index (χ4n) is 2.38. The van der Waals surface area contributed by atoms with Gasteiger partial charge < -0.3 is 10.6 Å². The van der Waals surface area contributed by atoms with Crippen molar-refractivity contribution in [2.45, 2.75) is 32.7 Å². The molecule has 0 radical (unpaired) electrons. The zero-order valence-corrected chi connectivity index (χ0v) is 12.6. The zero-order chi connectivity index (χ0) is 14.5. The van der Waals surface area contributed by atoms with E-state index in [1.165, 1.54) is 22.5 Å². The summed E-state index contributed by atoms with van der Waals surface area (Å²) in [4.78, 5) is 2.22. The van der Waals surface area contributed by atoms with Gasteiger partial charge in [0.2, 0.25) is 0 Å². The molecule has 0 aliphatic carbocycles. The molecule has 0 aliphatic heterocycles. The molecule has 20 heavy (non-hydrogen) atoms. The zero-order valence-electron chi connectivity index (χ0n) is 12.6. The Bertz CT molecular complexity index is 546. The lowest BCUT2D eigenvalue weighted by Gasteiger charge is -2.22. The molecular formula is C18H24N2. The second-order valence-electron chi connectivity index (χ2n) is 5.38. The van der Waals surface area contributed by atoms with E-state index in [1.54, 1.807) is 0 Å². The van der Waals surface area contributed by atoms with Crippen LogP contribution in [0.3, 0.4) is 0 Å². The van der Waals surface area contributed by atoms with Gasteiger partial charge in [0.05, 0.1) is 0 Å². The first kappa shape index (κ1) is 14.6. The Hall–Kier alpha value is -1.80. The van der Waals surface area contributed by atoms with Crippen molar-refractivity contribution in [2.75, 3.05) is 11.9 Å². The summed E-state index contributed by atoms with van der Waals surface area (Å²) in [6.45, 7) is 4.27. The van der Waals surface area contributed by atoms with Crippen molar-refractivity contribution < 1.29 is 0 Å². The molecule has 2 nitrogen and oxygen atoms in total. The molecule has 2 N–H and O–H groups in total. The predicted molar refractivity (Wildman–Crippen MR) is 87.7 cm³/mol. The Morgan fingerprint density at radius 3 is 2.30 bits per heavy atom. The number of rotatable bonds is 5. The van der Waals surface area contributed by atoms with Gasteiger partial charge in [-0.2, -0.15) is 0 Å². The van der Waals surface area contributed by atoms with E-state index >= 15 is 0 Å². The van der Waals surface area contributed by atoms with Gasteiger partial charge in [-0.1, -0.05) is 37.3 Å². The van der Waals surface area contributed by atoms with Crippen LogP contribution in [-0.2, 0) is 6.42 Å². The standard InChI is InChI=1S/C18H24N2/c1-4-16(19)13-15-9-11-17(12-10-15)20(3)18-8-6-5-7-14(18)2/h5-12,16H,4,13,19H2,1-3H3. The average Bonchev–Trinajstić information content (AvgIpc) is 2.47. The average molecular weight is 268 g/mol. The van der Waals surface area contributed by atoms with Crippen LogP contribution in [0.1, 0.15) is 24.5 Å². The maximum atomic E-state index is 6.00. The summed E-state index contributed by atoms with van der Waals surface area (Å²) in [5.74, 6) is 0.